The van der Waals surface area contributed by atoms with Gasteiger partial charge in [0.2, 0.25) is 5.91 Å². The molecule has 1 amide bonds. The molecule has 4 nitrogen and oxygen atoms in total. The van der Waals surface area contributed by atoms with E-state index < -0.39 is 0 Å². The van der Waals surface area contributed by atoms with Crippen LogP contribution in [0, 0.1) is 5.92 Å². The molecule has 0 heterocycles. The number of rotatable bonds is 10. The summed E-state index contributed by atoms with van der Waals surface area (Å²) in [5.41, 5.74) is 0. The summed E-state index contributed by atoms with van der Waals surface area (Å²) in [6.45, 7) is 7.31. The smallest absolute Gasteiger partial charge is 0.220 e. The van der Waals surface area contributed by atoms with Crippen molar-refractivity contribution in [1.82, 2.24) is 10.6 Å². The molecule has 0 aromatic heterocycles. The fourth-order valence-corrected chi connectivity index (χ4v) is 1.50. The van der Waals surface area contributed by atoms with Crippen molar-refractivity contribution in [3.63, 3.8) is 0 Å². The van der Waals surface area contributed by atoms with Crippen LogP contribution in [0.2, 0.25) is 0 Å². The van der Waals surface area contributed by atoms with Crippen LogP contribution in [0.4, 0.5) is 0 Å². The predicted octanol–water partition coefficient (Wildman–Crippen LogP) is 1.16. The molecule has 4 heteroatoms. The molecule has 0 saturated heterocycles. The van der Waals surface area contributed by atoms with Crippen molar-refractivity contribution in [2.45, 2.75) is 33.1 Å². The number of methoxy groups -OCH3 is 1. The number of carbonyl (C=O) groups is 1. The van der Waals surface area contributed by atoms with Gasteiger partial charge in [-0.3, -0.25) is 4.79 Å². The van der Waals surface area contributed by atoms with Crippen LogP contribution in [-0.4, -0.2) is 39.3 Å². The van der Waals surface area contributed by atoms with Gasteiger partial charge in [-0.25, -0.2) is 0 Å². The van der Waals surface area contributed by atoms with Gasteiger partial charge in [-0.1, -0.05) is 26.7 Å². The lowest BCUT2D eigenvalue weighted by atomic mass is 9.99. The molecule has 0 atom stereocenters. The number of carbonyl (C=O) groups excluding carboxylic acids is 1. The Morgan fingerprint density at radius 1 is 1.19 bits per heavy atom. The molecule has 0 aliphatic carbocycles. The van der Waals surface area contributed by atoms with Gasteiger partial charge in [0.15, 0.2) is 0 Å². The van der Waals surface area contributed by atoms with Gasteiger partial charge >= 0.3 is 0 Å². The van der Waals surface area contributed by atoms with Crippen LogP contribution in [0.25, 0.3) is 0 Å². The molecule has 0 saturated carbocycles. The minimum Gasteiger partial charge on any atom is -0.383 e. The Bertz CT molecular complexity index is 170. The molecule has 0 aromatic carbocycles. The Morgan fingerprint density at radius 2 is 1.88 bits per heavy atom. The van der Waals surface area contributed by atoms with Crippen molar-refractivity contribution in [3.05, 3.63) is 0 Å². The summed E-state index contributed by atoms with van der Waals surface area (Å²) in [7, 11) is 1.68. The monoisotopic (exact) mass is 230 g/mol. The van der Waals surface area contributed by atoms with Gasteiger partial charge in [-0.15, -0.1) is 0 Å². The maximum absolute atomic E-state index is 11.5. The molecule has 0 aliphatic heterocycles. The molecule has 0 rings (SSSR count). The van der Waals surface area contributed by atoms with Crippen molar-refractivity contribution in [2.24, 2.45) is 5.92 Å². The van der Waals surface area contributed by atoms with Crippen molar-refractivity contribution in [2.75, 3.05) is 33.4 Å². The number of hydrogen-bond donors (Lipinski definition) is 2. The lowest BCUT2D eigenvalue weighted by Gasteiger charge is -2.12. The van der Waals surface area contributed by atoms with Gasteiger partial charge in [0.05, 0.1) is 6.61 Å². The van der Waals surface area contributed by atoms with E-state index in [9.17, 15) is 4.79 Å². The third kappa shape index (κ3) is 8.68. The topological polar surface area (TPSA) is 50.4 Å². The van der Waals surface area contributed by atoms with Crippen LogP contribution in [0.15, 0.2) is 0 Å². The molecule has 0 aromatic rings. The van der Waals surface area contributed by atoms with Crippen molar-refractivity contribution < 1.29 is 9.53 Å². The van der Waals surface area contributed by atoms with Crippen molar-refractivity contribution >= 4 is 5.91 Å². The summed E-state index contributed by atoms with van der Waals surface area (Å²) in [4.78, 5) is 11.5. The first-order valence-corrected chi connectivity index (χ1v) is 6.20. The molecular weight excluding hydrogens is 204 g/mol. The summed E-state index contributed by atoms with van der Waals surface area (Å²) in [6.07, 6.45) is 2.82. The minimum atomic E-state index is 0.169. The van der Waals surface area contributed by atoms with Gasteiger partial charge in [0, 0.05) is 33.2 Å². The second-order valence-electron chi connectivity index (χ2n) is 3.98. The maximum atomic E-state index is 11.5. The normalized spacial score (nSPS) is 10.8. The van der Waals surface area contributed by atoms with E-state index in [4.69, 9.17) is 4.74 Å². The first kappa shape index (κ1) is 15.4. The molecule has 16 heavy (non-hydrogen) atoms. The fraction of sp³-hybridized carbons (Fsp3) is 0.917. The zero-order valence-electron chi connectivity index (χ0n) is 10.8. The van der Waals surface area contributed by atoms with Crippen molar-refractivity contribution in [1.29, 1.82) is 0 Å². The second kappa shape index (κ2) is 10.9. The molecule has 0 bridgehead atoms. The van der Waals surface area contributed by atoms with E-state index >= 15 is 0 Å². The minimum absolute atomic E-state index is 0.169. The van der Waals surface area contributed by atoms with Crippen LogP contribution in [0.5, 0.6) is 0 Å². The van der Waals surface area contributed by atoms with Crippen molar-refractivity contribution in [3.8, 4) is 0 Å². The number of ether oxygens (including phenoxy) is 1. The third-order valence-electron chi connectivity index (χ3n) is 2.74. The molecule has 0 radical (unpaired) electrons. The average Bonchev–Trinajstić information content (AvgIpc) is 2.30. The molecule has 0 unspecified atom stereocenters. The van der Waals surface area contributed by atoms with Crippen LogP contribution in [-0.2, 0) is 9.53 Å². The van der Waals surface area contributed by atoms with E-state index in [1.165, 1.54) is 0 Å². The SMILES string of the molecule is CCC(CC)CC(=O)NCCNCCOC. The Kier molecular flexibility index (Phi) is 10.5. The van der Waals surface area contributed by atoms with Gasteiger partial charge < -0.3 is 15.4 Å². The number of amides is 1. The van der Waals surface area contributed by atoms with Gasteiger partial charge in [0.25, 0.3) is 0 Å². The van der Waals surface area contributed by atoms with E-state index in [1.807, 2.05) is 0 Å². The highest BCUT2D eigenvalue weighted by Crippen LogP contribution is 2.11. The Balaban J connectivity index is 3.36. The standard InChI is InChI=1S/C12H26N2O2/c1-4-11(5-2)10-12(15)14-7-6-13-8-9-16-3/h11,13H,4-10H2,1-3H3,(H,14,15). The summed E-state index contributed by atoms with van der Waals surface area (Å²) in [5.74, 6) is 0.698. The molecular formula is C12H26N2O2. The molecule has 0 aliphatic rings. The van der Waals surface area contributed by atoms with E-state index in [0.29, 0.717) is 25.5 Å². The van der Waals surface area contributed by atoms with E-state index in [1.54, 1.807) is 7.11 Å². The van der Waals surface area contributed by atoms with Crippen LogP contribution < -0.4 is 10.6 Å². The van der Waals surface area contributed by atoms with E-state index in [-0.39, 0.29) is 5.91 Å². The van der Waals surface area contributed by atoms with E-state index in [0.717, 1.165) is 25.9 Å². The maximum Gasteiger partial charge on any atom is 0.220 e. The van der Waals surface area contributed by atoms with Gasteiger partial charge in [0.1, 0.15) is 0 Å². The Labute approximate surface area is 99.1 Å². The summed E-state index contributed by atoms with van der Waals surface area (Å²) in [6, 6.07) is 0. The molecule has 2 N–H and O–H groups in total. The highest BCUT2D eigenvalue weighted by atomic mass is 16.5. The average molecular weight is 230 g/mol. The highest BCUT2D eigenvalue weighted by Gasteiger charge is 2.08. The lowest BCUT2D eigenvalue weighted by Crippen LogP contribution is -2.33. The first-order valence-electron chi connectivity index (χ1n) is 6.20. The fourth-order valence-electron chi connectivity index (χ4n) is 1.50. The summed E-state index contributed by atoms with van der Waals surface area (Å²) in [5, 5.41) is 6.10. The largest absolute Gasteiger partial charge is 0.383 e. The quantitative estimate of drug-likeness (QED) is 0.554. The number of hydrogen-bond acceptors (Lipinski definition) is 3. The van der Waals surface area contributed by atoms with Crippen LogP contribution >= 0.6 is 0 Å². The lowest BCUT2D eigenvalue weighted by molar-refractivity contribution is -0.122. The third-order valence-corrected chi connectivity index (χ3v) is 2.74. The molecule has 0 fully saturated rings. The first-order chi connectivity index (χ1) is 7.74. The van der Waals surface area contributed by atoms with Gasteiger partial charge in [-0.05, 0) is 5.92 Å². The van der Waals surface area contributed by atoms with E-state index in [2.05, 4.69) is 24.5 Å². The molecule has 96 valence electrons. The molecule has 0 spiro atoms. The zero-order valence-corrected chi connectivity index (χ0v) is 10.8. The van der Waals surface area contributed by atoms with Crippen LogP contribution in [0.3, 0.4) is 0 Å². The summed E-state index contributed by atoms with van der Waals surface area (Å²) >= 11 is 0. The zero-order chi connectivity index (χ0) is 12.2. The van der Waals surface area contributed by atoms with Gasteiger partial charge in [-0.2, -0.15) is 0 Å². The Morgan fingerprint density at radius 3 is 2.44 bits per heavy atom. The Hall–Kier alpha value is -0.610. The predicted molar refractivity (Wildman–Crippen MR) is 66.4 cm³/mol. The number of nitrogens with one attached hydrogen (secondary N) is 2. The summed E-state index contributed by atoms with van der Waals surface area (Å²) < 4.78 is 4.90. The highest BCUT2D eigenvalue weighted by molar-refractivity contribution is 5.76. The van der Waals surface area contributed by atoms with Crippen LogP contribution in [0.1, 0.15) is 33.1 Å². The second-order valence-corrected chi connectivity index (χ2v) is 3.98.